The van der Waals surface area contributed by atoms with Gasteiger partial charge in [-0.2, -0.15) is 36.5 Å². The molecule has 6 heterocycles. The van der Waals surface area contributed by atoms with Crippen LogP contribution in [0.4, 0.5) is 26.3 Å². The standard InChI is InChI=1S/C26H26F3N5O3.C25H24F3N5O3/c1-32-13-19(14-32)34-12-17(11-31-34)16-4-5-21-20(8-16)30-15-33(21)18-9-23(36-2)25(24(10-18)37-3)22(35)6-7-26(27,28)29;1-35-22-8-17(9-23(36-2)24(22)21(34)5-6-25(26,27)28)32-14-30-19-7-15(3-4-20(19)32)16-10-31-33(13-16)18-11-29-12-18/h4-5,8-12,15,19H,6-7,13-14H2,1-3H3;3-4,7-10,13-14,18,29H,5-6,11-12H2,1-2H3. The van der Waals surface area contributed by atoms with E-state index >= 15 is 0 Å². The number of aromatic nitrogens is 8. The molecule has 22 heteroatoms. The molecule has 0 radical (unpaired) electrons. The Hall–Kier alpha value is -7.72. The Morgan fingerprint density at radius 1 is 0.589 bits per heavy atom. The van der Waals surface area contributed by atoms with Crippen molar-refractivity contribution in [2.45, 2.75) is 50.1 Å². The highest BCUT2D eigenvalue weighted by Gasteiger charge is 2.32. The van der Waals surface area contributed by atoms with E-state index < -0.39 is 49.6 Å². The summed E-state index contributed by atoms with van der Waals surface area (Å²) in [5.41, 5.74) is 8.20. The highest BCUT2D eigenvalue weighted by molar-refractivity contribution is 6.02. The number of carbonyl (C=O) groups is 2. The number of likely N-dealkylation sites (N-methyl/N-ethyl adjacent to an activating group) is 1. The molecular formula is C51H50F6N10O6. The number of nitrogens with zero attached hydrogens (tertiary/aromatic N) is 9. The number of ketones is 2. The van der Waals surface area contributed by atoms with Crippen molar-refractivity contribution in [3.05, 3.63) is 109 Å². The molecule has 8 aromatic rings. The molecule has 2 aliphatic heterocycles. The van der Waals surface area contributed by atoms with Crippen molar-refractivity contribution in [1.29, 1.82) is 0 Å². The Kier molecular flexibility index (Phi) is 14.0. The number of rotatable bonds is 16. The van der Waals surface area contributed by atoms with E-state index in [2.05, 4.69) is 37.4 Å². The Labute approximate surface area is 414 Å². The minimum atomic E-state index is -4.43. The van der Waals surface area contributed by atoms with Gasteiger partial charge in [-0.15, -0.1) is 0 Å². The van der Waals surface area contributed by atoms with Gasteiger partial charge in [-0.05, 0) is 42.4 Å². The van der Waals surface area contributed by atoms with Crippen molar-refractivity contribution < 1.29 is 54.9 Å². The average molecular weight is 1010 g/mol. The molecule has 0 bridgehead atoms. The van der Waals surface area contributed by atoms with Crippen molar-refractivity contribution in [2.24, 2.45) is 0 Å². The number of hydrogen-bond donors (Lipinski definition) is 1. The van der Waals surface area contributed by atoms with Crippen LogP contribution < -0.4 is 24.3 Å². The molecule has 2 aliphatic rings. The molecule has 2 fully saturated rings. The van der Waals surface area contributed by atoms with Gasteiger partial charge in [0, 0.05) is 86.8 Å². The van der Waals surface area contributed by atoms with E-state index in [4.69, 9.17) is 18.9 Å². The first-order valence-electron chi connectivity index (χ1n) is 23.1. The van der Waals surface area contributed by atoms with Crippen LogP contribution in [0.15, 0.2) is 98.1 Å². The number of Topliss-reactive ketones (excluding diaryl/α,β-unsaturated/α-hetero) is 2. The average Bonchev–Trinajstić information content (AvgIpc) is 4.19. The van der Waals surface area contributed by atoms with Crippen LogP contribution in [-0.4, -0.2) is 129 Å². The first-order valence-corrected chi connectivity index (χ1v) is 23.1. The summed E-state index contributed by atoms with van der Waals surface area (Å²) in [6.45, 7) is 3.77. The number of ether oxygens (including phenoxy) is 4. The van der Waals surface area contributed by atoms with Crippen LogP contribution in [0.3, 0.4) is 0 Å². The maximum absolute atomic E-state index is 12.7. The Morgan fingerprint density at radius 3 is 1.33 bits per heavy atom. The van der Waals surface area contributed by atoms with Crippen LogP contribution in [0.2, 0.25) is 0 Å². The molecule has 73 heavy (non-hydrogen) atoms. The van der Waals surface area contributed by atoms with Crippen LogP contribution in [0.1, 0.15) is 58.5 Å². The highest BCUT2D eigenvalue weighted by atomic mass is 19.4. The van der Waals surface area contributed by atoms with Gasteiger partial charge in [0.05, 0.1) is 99.2 Å². The summed E-state index contributed by atoms with van der Waals surface area (Å²) in [6.07, 6.45) is -1.67. The second kappa shape index (κ2) is 20.4. The summed E-state index contributed by atoms with van der Waals surface area (Å²) < 4.78 is 105. The molecule has 382 valence electrons. The third-order valence-corrected chi connectivity index (χ3v) is 12.9. The molecule has 0 saturated carbocycles. The second-order valence-electron chi connectivity index (χ2n) is 17.8. The van der Waals surface area contributed by atoms with Crippen molar-refractivity contribution in [3.8, 4) is 56.6 Å². The van der Waals surface area contributed by atoms with Gasteiger partial charge in [-0.1, -0.05) is 12.1 Å². The molecule has 4 aromatic carbocycles. The van der Waals surface area contributed by atoms with Crippen LogP contribution in [-0.2, 0) is 0 Å². The molecule has 1 N–H and O–H groups in total. The van der Waals surface area contributed by atoms with Crippen molar-refractivity contribution >= 4 is 33.6 Å². The van der Waals surface area contributed by atoms with E-state index in [1.54, 1.807) is 41.5 Å². The maximum atomic E-state index is 12.7. The van der Waals surface area contributed by atoms with Gasteiger partial charge in [0.25, 0.3) is 0 Å². The van der Waals surface area contributed by atoms with Gasteiger partial charge in [-0.25, -0.2) is 9.97 Å². The maximum Gasteiger partial charge on any atom is 0.389 e. The summed E-state index contributed by atoms with van der Waals surface area (Å²) in [6, 6.07) is 18.9. The molecule has 0 unspecified atom stereocenters. The number of likely N-dealkylation sites (tertiary alicyclic amines) is 1. The van der Waals surface area contributed by atoms with Gasteiger partial charge in [0.1, 0.15) is 46.8 Å². The lowest BCUT2D eigenvalue weighted by molar-refractivity contribution is -0.134. The first-order chi connectivity index (χ1) is 34.9. The Bertz CT molecular complexity index is 3260. The van der Waals surface area contributed by atoms with E-state index in [1.165, 1.54) is 28.4 Å². The van der Waals surface area contributed by atoms with Crippen LogP contribution in [0, 0.1) is 0 Å². The van der Waals surface area contributed by atoms with Gasteiger partial charge < -0.3 is 29.2 Å². The van der Waals surface area contributed by atoms with Gasteiger partial charge in [-0.3, -0.25) is 28.1 Å². The van der Waals surface area contributed by atoms with Crippen molar-refractivity contribution in [1.82, 2.24) is 48.9 Å². The quantitative estimate of drug-likeness (QED) is 0.0724. The summed E-state index contributed by atoms with van der Waals surface area (Å²) >= 11 is 0. The predicted octanol–water partition coefficient (Wildman–Crippen LogP) is 9.49. The number of nitrogens with one attached hydrogen (secondary N) is 1. The van der Waals surface area contributed by atoms with Gasteiger partial charge in [0.15, 0.2) is 11.6 Å². The SMILES string of the molecule is COc1cc(-n2cnc3cc(-c4cnn(C5CN(C)C5)c4)ccc32)cc(OC)c1C(=O)CCC(F)(F)F.COc1cc(-n2cnc3cc(-c4cnn(C5CNC5)c4)ccc32)cc(OC)c1C(=O)CCC(F)(F)F. The minimum Gasteiger partial charge on any atom is -0.496 e. The molecule has 0 atom stereocenters. The molecule has 16 nitrogen and oxygen atoms in total. The largest absolute Gasteiger partial charge is 0.496 e. The normalized spacial score (nSPS) is 14.4. The number of imidazole rings is 2. The number of benzene rings is 4. The summed E-state index contributed by atoms with van der Waals surface area (Å²) in [7, 11) is 7.52. The topological polar surface area (TPSA) is 158 Å². The molecule has 0 spiro atoms. The van der Waals surface area contributed by atoms with Gasteiger partial charge >= 0.3 is 12.4 Å². The second-order valence-corrected chi connectivity index (χ2v) is 17.8. The predicted molar refractivity (Wildman–Crippen MR) is 258 cm³/mol. The highest BCUT2D eigenvalue weighted by Crippen LogP contribution is 2.38. The van der Waals surface area contributed by atoms with E-state index in [0.717, 1.165) is 70.5 Å². The van der Waals surface area contributed by atoms with Crippen molar-refractivity contribution in [3.63, 3.8) is 0 Å². The van der Waals surface area contributed by atoms with E-state index in [1.807, 2.05) is 75.1 Å². The molecule has 0 aliphatic carbocycles. The third-order valence-electron chi connectivity index (χ3n) is 12.9. The van der Waals surface area contributed by atoms with Crippen LogP contribution >= 0.6 is 0 Å². The fourth-order valence-corrected chi connectivity index (χ4v) is 8.85. The lowest BCUT2D eigenvalue weighted by atomic mass is 10.0. The summed E-state index contributed by atoms with van der Waals surface area (Å²) in [5, 5.41) is 12.2. The van der Waals surface area contributed by atoms with Crippen molar-refractivity contribution in [2.75, 3.05) is 61.7 Å². The lowest BCUT2D eigenvalue weighted by Gasteiger charge is -2.36. The Balaban J connectivity index is 0.000000180. The zero-order chi connectivity index (χ0) is 51.8. The fraction of sp³-hybridized carbons (Fsp3) is 0.333. The molecule has 10 rings (SSSR count). The first kappa shape index (κ1) is 50.2. The van der Waals surface area contributed by atoms with E-state index in [0.29, 0.717) is 23.5 Å². The fourth-order valence-electron chi connectivity index (χ4n) is 8.85. The number of methoxy groups -OCH3 is 4. The molecule has 0 amide bonds. The number of carbonyl (C=O) groups excluding carboxylic acids is 2. The lowest BCUT2D eigenvalue weighted by Crippen LogP contribution is -2.45. The number of halogens is 6. The third kappa shape index (κ3) is 10.8. The van der Waals surface area contributed by atoms with Gasteiger partial charge in [0.2, 0.25) is 0 Å². The Morgan fingerprint density at radius 2 is 0.986 bits per heavy atom. The number of hydrogen-bond acceptors (Lipinski definition) is 12. The zero-order valence-corrected chi connectivity index (χ0v) is 40.3. The zero-order valence-electron chi connectivity index (χ0n) is 40.3. The number of alkyl halides is 6. The summed E-state index contributed by atoms with van der Waals surface area (Å²) in [4.78, 5) is 36.5. The van der Waals surface area contributed by atoms with Crippen LogP contribution in [0.25, 0.3) is 55.7 Å². The van der Waals surface area contributed by atoms with E-state index in [9.17, 15) is 35.9 Å². The molecule has 2 saturated heterocycles. The van der Waals surface area contributed by atoms with Crippen LogP contribution in [0.5, 0.6) is 23.0 Å². The monoisotopic (exact) mass is 1010 g/mol. The number of fused-ring (bicyclic) bond motifs is 2. The minimum absolute atomic E-state index is 0.0145. The van der Waals surface area contributed by atoms with E-state index in [-0.39, 0.29) is 34.1 Å². The molecular weight excluding hydrogens is 963 g/mol. The summed E-state index contributed by atoms with van der Waals surface area (Å²) in [5.74, 6) is -0.874. The smallest absolute Gasteiger partial charge is 0.389 e. The molecule has 4 aromatic heterocycles.